The second-order valence-corrected chi connectivity index (χ2v) is 8.42. The van der Waals surface area contributed by atoms with Crippen LogP contribution < -0.4 is 5.32 Å². The van der Waals surface area contributed by atoms with Gasteiger partial charge in [0.05, 0.1) is 6.61 Å². The van der Waals surface area contributed by atoms with E-state index in [1.807, 2.05) is 13.8 Å². The number of ether oxygens (including phenoxy) is 1. The molecule has 0 aliphatic carbocycles. The molecule has 0 amide bonds. The lowest BCUT2D eigenvalue weighted by Crippen LogP contribution is -2.15. The van der Waals surface area contributed by atoms with Crippen LogP contribution in [0.5, 0.6) is 0 Å². The summed E-state index contributed by atoms with van der Waals surface area (Å²) < 4.78 is 5.73. The van der Waals surface area contributed by atoms with Crippen molar-refractivity contribution in [3.8, 4) is 0 Å². The maximum atomic E-state index is 5.73. The fourth-order valence-corrected chi connectivity index (χ4v) is 2.82. The first-order chi connectivity index (χ1) is 14.6. The van der Waals surface area contributed by atoms with Crippen molar-refractivity contribution in [3.63, 3.8) is 0 Å². The smallest absolute Gasteiger partial charge is 0.114 e. The van der Waals surface area contributed by atoms with E-state index in [2.05, 4.69) is 57.9 Å². The lowest BCUT2D eigenvalue weighted by Gasteiger charge is -2.14. The Kier molecular flexibility index (Phi) is 14.9. The van der Waals surface area contributed by atoms with Crippen LogP contribution in [-0.2, 0) is 4.74 Å². The molecule has 0 aromatic rings. The molecular weight excluding hydrogens is 378 g/mol. The Bertz CT molecular complexity index is 644. The van der Waals surface area contributed by atoms with E-state index >= 15 is 0 Å². The van der Waals surface area contributed by atoms with Crippen molar-refractivity contribution in [3.05, 3.63) is 97.5 Å². The minimum atomic E-state index is 0.639. The van der Waals surface area contributed by atoms with Gasteiger partial charge in [0.25, 0.3) is 0 Å². The van der Waals surface area contributed by atoms with Crippen LogP contribution in [0.25, 0.3) is 0 Å². The Morgan fingerprint density at radius 2 is 1.06 bits per heavy atom. The first-order valence-electron chi connectivity index (χ1n) is 11.3. The summed E-state index contributed by atoms with van der Waals surface area (Å²) in [6.45, 7) is 37.7. The van der Waals surface area contributed by atoms with Gasteiger partial charge in [-0.2, -0.15) is 0 Å². The monoisotopic (exact) mass is 423 g/mol. The van der Waals surface area contributed by atoms with Crippen LogP contribution in [0.2, 0.25) is 0 Å². The zero-order chi connectivity index (χ0) is 23.8. The highest BCUT2D eigenvalue weighted by Crippen LogP contribution is 2.19. The fraction of sp³-hybridized carbons (Fsp3) is 0.448. The predicted octanol–water partition coefficient (Wildman–Crippen LogP) is 8.51. The maximum absolute atomic E-state index is 5.73. The summed E-state index contributed by atoms with van der Waals surface area (Å²) in [5.74, 6) is 0.706. The van der Waals surface area contributed by atoms with Crippen molar-refractivity contribution in [1.29, 1.82) is 0 Å². The van der Waals surface area contributed by atoms with Crippen molar-refractivity contribution in [1.82, 2.24) is 5.32 Å². The molecule has 31 heavy (non-hydrogen) atoms. The van der Waals surface area contributed by atoms with Crippen molar-refractivity contribution in [2.75, 3.05) is 13.2 Å². The summed E-state index contributed by atoms with van der Waals surface area (Å²) in [7, 11) is 0. The Morgan fingerprint density at radius 1 is 0.581 bits per heavy atom. The molecule has 2 nitrogen and oxygen atoms in total. The van der Waals surface area contributed by atoms with E-state index in [1.165, 1.54) is 0 Å². The highest BCUT2D eigenvalue weighted by molar-refractivity contribution is 5.24. The minimum absolute atomic E-state index is 0.639. The average molecular weight is 424 g/mol. The molecule has 0 saturated heterocycles. The minimum Gasteiger partial charge on any atom is -0.494 e. The van der Waals surface area contributed by atoms with Crippen molar-refractivity contribution in [2.45, 2.75) is 71.6 Å². The quantitative estimate of drug-likeness (QED) is 0.120. The molecule has 0 aromatic carbocycles. The summed E-state index contributed by atoms with van der Waals surface area (Å²) in [5.41, 5.74) is 7.32. The van der Waals surface area contributed by atoms with Gasteiger partial charge in [-0.05, 0) is 76.4 Å². The largest absolute Gasteiger partial charge is 0.494 e. The van der Waals surface area contributed by atoms with Gasteiger partial charge in [0.15, 0.2) is 0 Å². The molecule has 0 heterocycles. The number of allylic oxidation sites excluding steroid dienone is 6. The molecule has 0 saturated carbocycles. The van der Waals surface area contributed by atoms with E-state index in [4.69, 9.17) is 4.74 Å². The van der Waals surface area contributed by atoms with Crippen LogP contribution in [0.4, 0.5) is 0 Å². The molecule has 0 bridgehead atoms. The summed E-state index contributed by atoms with van der Waals surface area (Å²) in [4.78, 5) is 0. The maximum Gasteiger partial charge on any atom is 0.114 e. The van der Waals surface area contributed by atoms with E-state index in [0.29, 0.717) is 12.4 Å². The SMILES string of the molecule is C=C(C)C(=C)CCCNC(=C)C(=C)CCCCCC(=C)C(=C)OCCCC(=C)C(=C)C. The average Bonchev–Trinajstić information content (AvgIpc) is 2.72. The molecule has 0 radical (unpaired) electrons. The van der Waals surface area contributed by atoms with Crippen LogP contribution in [0.3, 0.4) is 0 Å². The molecule has 0 spiro atoms. The molecule has 0 atom stereocenters. The first kappa shape index (κ1) is 28.5. The predicted molar refractivity (Wildman–Crippen MR) is 140 cm³/mol. The zero-order valence-electron chi connectivity index (χ0n) is 20.3. The fourth-order valence-electron chi connectivity index (χ4n) is 2.82. The van der Waals surface area contributed by atoms with Gasteiger partial charge in [0.1, 0.15) is 5.76 Å². The third-order valence-electron chi connectivity index (χ3n) is 5.38. The van der Waals surface area contributed by atoms with Gasteiger partial charge in [0, 0.05) is 12.2 Å². The molecule has 0 fully saturated rings. The topological polar surface area (TPSA) is 21.3 Å². The number of nitrogens with one attached hydrogen (secondary N) is 1. The number of rotatable bonds is 20. The Labute approximate surface area is 192 Å². The Morgan fingerprint density at radius 3 is 1.61 bits per heavy atom. The second-order valence-electron chi connectivity index (χ2n) is 8.42. The summed E-state index contributed by atoms with van der Waals surface area (Å²) in [6.07, 6.45) is 8.97. The third kappa shape index (κ3) is 14.2. The van der Waals surface area contributed by atoms with Gasteiger partial charge in [-0.3, -0.25) is 0 Å². The van der Waals surface area contributed by atoms with Crippen LogP contribution in [-0.4, -0.2) is 13.2 Å². The summed E-state index contributed by atoms with van der Waals surface area (Å²) in [5, 5.41) is 3.37. The molecule has 0 rings (SSSR count). The van der Waals surface area contributed by atoms with Crippen LogP contribution in [0.1, 0.15) is 71.6 Å². The number of hydrogen-bond acceptors (Lipinski definition) is 2. The van der Waals surface area contributed by atoms with Gasteiger partial charge in [0.2, 0.25) is 0 Å². The Hall–Kier alpha value is -2.48. The van der Waals surface area contributed by atoms with Crippen LogP contribution in [0.15, 0.2) is 97.5 Å². The van der Waals surface area contributed by atoms with Gasteiger partial charge in [-0.25, -0.2) is 0 Å². The molecule has 2 heteroatoms. The van der Waals surface area contributed by atoms with E-state index in [-0.39, 0.29) is 0 Å². The standard InChI is InChI=1S/C29H45NO/c1-22(2)24(5)18-14-20-30-28(9)26(7)16-12-11-13-17-27(8)29(10)31-21-15-19-25(6)23(3)4/h30H,1,3,5-21H2,2,4H3. The Balaban J connectivity index is 3.82. The van der Waals surface area contributed by atoms with E-state index < -0.39 is 0 Å². The molecular formula is C29H45NO. The van der Waals surface area contributed by atoms with Gasteiger partial charge in [-0.1, -0.05) is 81.3 Å². The van der Waals surface area contributed by atoms with Gasteiger partial charge in [-0.15, -0.1) is 0 Å². The van der Waals surface area contributed by atoms with Crippen LogP contribution >= 0.6 is 0 Å². The molecule has 0 aliphatic rings. The molecule has 172 valence electrons. The highest BCUT2D eigenvalue weighted by Gasteiger charge is 2.04. The molecule has 1 N–H and O–H groups in total. The van der Waals surface area contributed by atoms with E-state index in [1.54, 1.807) is 0 Å². The second kappa shape index (κ2) is 16.2. The van der Waals surface area contributed by atoms with Crippen molar-refractivity contribution >= 4 is 0 Å². The molecule has 0 unspecified atom stereocenters. The van der Waals surface area contributed by atoms with Gasteiger partial charge < -0.3 is 10.1 Å². The highest BCUT2D eigenvalue weighted by atomic mass is 16.5. The first-order valence-corrected chi connectivity index (χ1v) is 11.3. The van der Waals surface area contributed by atoms with E-state index in [9.17, 15) is 0 Å². The summed E-state index contributed by atoms with van der Waals surface area (Å²) >= 11 is 0. The molecule has 0 aromatic heterocycles. The number of unbranched alkanes of at least 4 members (excludes halogenated alkanes) is 2. The zero-order valence-corrected chi connectivity index (χ0v) is 20.3. The van der Waals surface area contributed by atoms with E-state index in [0.717, 1.165) is 103 Å². The number of hydrogen-bond donors (Lipinski definition) is 1. The third-order valence-corrected chi connectivity index (χ3v) is 5.38. The summed E-state index contributed by atoms with van der Waals surface area (Å²) in [6, 6.07) is 0. The van der Waals surface area contributed by atoms with Gasteiger partial charge >= 0.3 is 0 Å². The lowest BCUT2D eigenvalue weighted by molar-refractivity contribution is 0.216. The van der Waals surface area contributed by atoms with Crippen LogP contribution in [0, 0.1) is 0 Å². The lowest BCUT2D eigenvalue weighted by atomic mass is 10.0. The normalized spacial score (nSPS) is 10.1. The molecule has 0 aliphatic heterocycles. The van der Waals surface area contributed by atoms with Crippen molar-refractivity contribution in [2.24, 2.45) is 0 Å². The van der Waals surface area contributed by atoms with Crippen molar-refractivity contribution < 1.29 is 4.74 Å².